The lowest BCUT2D eigenvalue weighted by Gasteiger charge is -2.13. The predicted molar refractivity (Wildman–Crippen MR) is 88.2 cm³/mol. The smallest absolute Gasteiger partial charge is 0.341 e. The number of hydrogen-bond acceptors (Lipinski definition) is 5. The van der Waals surface area contributed by atoms with Gasteiger partial charge in [-0.25, -0.2) is 4.79 Å². The minimum absolute atomic E-state index is 0.187. The van der Waals surface area contributed by atoms with E-state index in [0.29, 0.717) is 22.1 Å². The van der Waals surface area contributed by atoms with Gasteiger partial charge in [0.25, 0.3) is 0 Å². The first-order valence-corrected chi connectivity index (χ1v) is 7.51. The lowest BCUT2D eigenvalue weighted by Crippen LogP contribution is -2.07. The number of rotatable bonds is 6. The van der Waals surface area contributed by atoms with Crippen LogP contribution in [0.5, 0.6) is 11.5 Å². The molecule has 2 aromatic carbocycles. The van der Waals surface area contributed by atoms with Gasteiger partial charge in [-0.1, -0.05) is 12.1 Å². The average molecular weight is 379 g/mol. The highest BCUT2D eigenvalue weighted by Crippen LogP contribution is 2.32. The fourth-order valence-corrected chi connectivity index (χ4v) is 2.60. The van der Waals surface area contributed by atoms with Gasteiger partial charge < -0.3 is 14.2 Å². The largest absolute Gasteiger partial charge is 0.497 e. The SMILES string of the molecule is COC(=O)c1cc(C=O)cc(Br)c1OCc1cccc(OC)c1. The van der Waals surface area contributed by atoms with Crippen LogP contribution in [0.2, 0.25) is 0 Å². The molecule has 2 rings (SSSR count). The van der Waals surface area contributed by atoms with Crippen molar-refractivity contribution in [3.05, 3.63) is 57.6 Å². The number of methoxy groups -OCH3 is 2. The molecule has 23 heavy (non-hydrogen) atoms. The van der Waals surface area contributed by atoms with Crippen molar-refractivity contribution >= 4 is 28.2 Å². The van der Waals surface area contributed by atoms with Gasteiger partial charge in [-0.05, 0) is 45.8 Å². The Kier molecular flexibility index (Phi) is 5.76. The number of carbonyl (C=O) groups excluding carboxylic acids is 2. The number of esters is 1. The van der Waals surface area contributed by atoms with Crippen LogP contribution < -0.4 is 9.47 Å². The highest BCUT2D eigenvalue weighted by atomic mass is 79.9. The van der Waals surface area contributed by atoms with E-state index in [0.717, 1.165) is 11.3 Å². The molecule has 6 heteroatoms. The monoisotopic (exact) mass is 378 g/mol. The molecule has 0 saturated heterocycles. The van der Waals surface area contributed by atoms with Crippen molar-refractivity contribution in [1.82, 2.24) is 0 Å². The quantitative estimate of drug-likeness (QED) is 0.567. The van der Waals surface area contributed by atoms with E-state index in [1.54, 1.807) is 13.2 Å². The Morgan fingerprint density at radius 2 is 2.00 bits per heavy atom. The second-order valence-electron chi connectivity index (χ2n) is 4.63. The van der Waals surface area contributed by atoms with Gasteiger partial charge in [0.2, 0.25) is 0 Å². The maximum atomic E-state index is 11.9. The van der Waals surface area contributed by atoms with Gasteiger partial charge in [0.15, 0.2) is 0 Å². The molecule has 0 unspecified atom stereocenters. The number of ether oxygens (including phenoxy) is 3. The summed E-state index contributed by atoms with van der Waals surface area (Å²) >= 11 is 3.32. The van der Waals surface area contributed by atoms with Crippen LogP contribution in [0, 0.1) is 0 Å². The predicted octanol–water partition coefficient (Wildman–Crippen LogP) is 3.64. The van der Waals surface area contributed by atoms with Crippen LogP contribution in [0.15, 0.2) is 40.9 Å². The lowest BCUT2D eigenvalue weighted by atomic mass is 10.1. The van der Waals surface area contributed by atoms with Crippen LogP contribution in [0.3, 0.4) is 0 Å². The van der Waals surface area contributed by atoms with Gasteiger partial charge in [0.05, 0.1) is 18.7 Å². The topological polar surface area (TPSA) is 61.8 Å². The average Bonchev–Trinajstić information content (AvgIpc) is 2.59. The first-order chi connectivity index (χ1) is 11.1. The van der Waals surface area contributed by atoms with Crippen molar-refractivity contribution < 1.29 is 23.8 Å². The third-order valence-electron chi connectivity index (χ3n) is 3.12. The Morgan fingerprint density at radius 1 is 1.22 bits per heavy atom. The molecule has 0 saturated carbocycles. The molecule has 0 spiro atoms. The molecule has 2 aromatic rings. The van der Waals surface area contributed by atoms with Gasteiger partial charge in [-0.15, -0.1) is 0 Å². The summed E-state index contributed by atoms with van der Waals surface area (Å²) in [6.45, 7) is 0.236. The molecule has 0 aromatic heterocycles. The standard InChI is InChI=1S/C17H15BrO5/c1-21-13-5-3-4-11(6-13)10-23-16-14(17(20)22-2)7-12(9-19)8-15(16)18/h3-9H,10H2,1-2H3. The molecule has 0 atom stereocenters. The van der Waals surface area contributed by atoms with Crippen molar-refractivity contribution in [3.8, 4) is 11.5 Å². The molecule has 0 heterocycles. The number of halogens is 1. The molecule has 0 N–H and O–H groups in total. The summed E-state index contributed by atoms with van der Waals surface area (Å²) in [7, 11) is 2.86. The molecule has 0 fully saturated rings. The Morgan fingerprint density at radius 3 is 2.65 bits per heavy atom. The van der Waals surface area contributed by atoms with E-state index in [2.05, 4.69) is 15.9 Å². The molecule has 120 valence electrons. The second-order valence-corrected chi connectivity index (χ2v) is 5.48. The summed E-state index contributed by atoms with van der Waals surface area (Å²) in [6.07, 6.45) is 0.656. The summed E-state index contributed by atoms with van der Waals surface area (Å²) in [5.74, 6) is 0.468. The molecule has 5 nitrogen and oxygen atoms in total. The van der Waals surface area contributed by atoms with Crippen LogP contribution in [0.4, 0.5) is 0 Å². The second kappa shape index (κ2) is 7.78. The van der Waals surface area contributed by atoms with E-state index in [9.17, 15) is 9.59 Å². The Labute approximate surface area is 142 Å². The van der Waals surface area contributed by atoms with E-state index in [1.165, 1.54) is 13.2 Å². The minimum Gasteiger partial charge on any atom is -0.497 e. The van der Waals surface area contributed by atoms with Crippen LogP contribution >= 0.6 is 15.9 Å². The summed E-state index contributed by atoms with van der Waals surface area (Å²) in [4.78, 5) is 22.9. The number of hydrogen-bond donors (Lipinski definition) is 0. The van der Waals surface area contributed by atoms with Gasteiger partial charge in [0, 0.05) is 5.56 Å². The highest BCUT2D eigenvalue weighted by Gasteiger charge is 2.18. The normalized spacial score (nSPS) is 10.0. The third kappa shape index (κ3) is 4.10. The Hall–Kier alpha value is -2.34. The molecular weight excluding hydrogens is 364 g/mol. The van der Waals surface area contributed by atoms with Gasteiger partial charge in [-0.2, -0.15) is 0 Å². The number of carbonyl (C=O) groups is 2. The maximum absolute atomic E-state index is 11.9. The van der Waals surface area contributed by atoms with Crippen LogP contribution in [0.25, 0.3) is 0 Å². The van der Waals surface area contributed by atoms with Crippen molar-refractivity contribution in [2.75, 3.05) is 14.2 Å². The summed E-state index contributed by atoms with van der Waals surface area (Å²) in [5, 5.41) is 0. The van der Waals surface area contributed by atoms with Crippen molar-refractivity contribution in [1.29, 1.82) is 0 Å². The molecule has 0 aliphatic rings. The summed E-state index contributed by atoms with van der Waals surface area (Å²) < 4.78 is 16.2. The summed E-state index contributed by atoms with van der Waals surface area (Å²) in [5.41, 5.74) is 1.42. The van der Waals surface area contributed by atoms with E-state index in [1.807, 2.05) is 24.3 Å². The first-order valence-electron chi connectivity index (χ1n) is 6.71. The fraction of sp³-hybridized carbons (Fsp3) is 0.176. The Bertz CT molecular complexity index is 727. The van der Waals surface area contributed by atoms with Crippen LogP contribution in [0.1, 0.15) is 26.3 Å². The van der Waals surface area contributed by atoms with E-state index in [4.69, 9.17) is 14.2 Å². The van der Waals surface area contributed by atoms with E-state index >= 15 is 0 Å². The molecule has 0 aliphatic heterocycles. The van der Waals surface area contributed by atoms with E-state index in [-0.39, 0.29) is 12.2 Å². The number of aldehydes is 1. The molecule has 0 amide bonds. The maximum Gasteiger partial charge on any atom is 0.341 e. The van der Waals surface area contributed by atoms with Crippen LogP contribution in [-0.2, 0) is 11.3 Å². The van der Waals surface area contributed by atoms with Crippen LogP contribution in [-0.4, -0.2) is 26.5 Å². The molecular formula is C17H15BrO5. The molecule has 0 radical (unpaired) electrons. The fourth-order valence-electron chi connectivity index (χ4n) is 2.01. The molecule has 0 bridgehead atoms. The first kappa shape index (κ1) is 17.0. The molecule has 0 aliphatic carbocycles. The van der Waals surface area contributed by atoms with Crippen molar-refractivity contribution in [2.45, 2.75) is 6.61 Å². The van der Waals surface area contributed by atoms with Gasteiger partial charge >= 0.3 is 5.97 Å². The Balaban J connectivity index is 2.30. The highest BCUT2D eigenvalue weighted by molar-refractivity contribution is 9.10. The van der Waals surface area contributed by atoms with Gasteiger partial charge in [0.1, 0.15) is 30.0 Å². The number of benzene rings is 2. The third-order valence-corrected chi connectivity index (χ3v) is 3.71. The summed E-state index contributed by atoms with van der Waals surface area (Å²) in [6, 6.07) is 10.4. The zero-order valence-electron chi connectivity index (χ0n) is 12.7. The van der Waals surface area contributed by atoms with E-state index < -0.39 is 5.97 Å². The zero-order chi connectivity index (χ0) is 16.8. The van der Waals surface area contributed by atoms with Crippen molar-refractivity contribution in [2.24, 2.45) is 0 Å². The zero-order valence-corrected chi connectivity index (χ0v) is 14.3. The van der Waals surface area contributed by atoms with Gasteiger partial charge in [-0.3, -0.25) is 4.79 Å². The lowest BCUT2D eigenvalue weighted by molar-refractivity contribution is 0.0595. The van der Waals surface area contributed by atoms with Crippen molar-refractivity contribution in [3.63, 3.8) is 0 Å². The minimum atomic E-state index is -0.574.